The fourth-order valence-electron chi connectivity index (χ4n) is 2.30. The molecular weight excluding hydrogens is 216 g/mol. The zero-order valence-electron chi connectivity index (χ0n) is 11.1. The van der Waals surface area contributed by atoms with E-state index in [1.807, 2.05) is 13.8 Å². The average Bonchev–Trinajstić information content (AvgIpc) is 2.38. The summed E-state index contributed by atoms with van der Waals surface area (Å²) in [7, 11) is 0. The molecule has 4 N–H and O–H groups in total. The molecular formula is C13H26N2O2. The molecule has 0 radical (unpaired) electrons. The zero-order chi connectivity index (χ0) is 12.9. The highest BCUT2D eigenvalue weighted by Crippen LogP contribution is 2.26. The summed E-state index contributed by atoms with van der Waals surface area (Å²) in [5.74, 6) is -0.0739. The van der Waals surface area contributed by atoms with Gasteiger partial charge in [-0.25, -0.2) is 0 Å². The van der Waals surface area contributed by atoms with Crippen LogP contribution in [-0.4, -0.2) is 28.7 Å². The highest BCUT2D eigenvalue weighted by atomic mass is 16.3. The lowest BCUT2D eigenvalue weighted by Gasteiger charge is -2.27. The molecule has 0 saturated heterocycles. The molecule has 0 unspecified atom stereocenters. The smallest absolute Gasteiger partial charge is 0.221 e. The normalized spacial score (nSPS) is 20.7. The fraction of sp³-hybridized carbons (Fsp3) is 0.923. The Kier molecular flexibility index (Phi) is 4.95. The lowest BCUT2D eigenvalue weighted by molar-refractivity contribution is -0.123. The lowest BCUT2D eigenvalue weighted by atomic mass is 9.94. The number of nitrogens with one attached hydrogen (secondary N) is 1. The molecule has 4 heteroatoms. The standard InChI is InChI=1S/C13H26N2O2/c1-12(2,14)9-11(16)15-10-13(17)7-5-3-4-6-8-13/h17H,3-10,14H2,1-2H3,(H,15,16). The van der Waals surface area contributed by atoms with Gasteiger partial charge in [-0.1, -0.05) is 25.7 Å². The monoisotopic (exact) mass is 242 g/mol. The Morgan fingerprint density at radius 2 is 1.82 bits per heavy atom. The van der Waals surface area contributed by atoms with Gasteiger partial charge in [0.1, 0.15) is 0 Å². The third-order valence-electron chi connectivity index (χ3n) is 3.27. The number of aliphatic hydroxyl groups is 1. The third-order valence-corrected chi connectivity index (χ3v) is 3.27. The van der Waals surface area contributed by atoms with E-state index in [1.54, 1.807) is 0 Å². The molecule has 1 aliphatic carbocycles. The summed E-state index contributed by atoms with van der Waals surface area (Å²) in [5.41, 5.74) is 4.59. The van der Waals surface area contributed by atoms with Crippen LogP contribution >= 0.6 is 0 Å². The first-order chi connectivity index (χ1) is 7.81. The van der Waals surface area contributed by atoms with Crippen molar-refractivity contribution in [2.24, 2.45) is 5.73 Å². The molecule has 100 valence electrons. The van der Waals surface area contributed by atoms with Gasteiger partial charge >= 0.3 is 0 Å². The Hall–Kier alpha value is -0.610. The van der Waals surface area contributed by atoms with Crippen molar-refractivity contribution in [2.45, 2.75) is 69.9 Å². The fourth-order valence-corrected chi connectivity index (χ4v) is 2.30. The summed E-state index contributed by atoms with van der Waals surface area (Å²) in [6.07, 6.45) is 6.35. The maximum Gasteiger partial charge on any atom is 0.221 e. The number of rotatable bonds is 4. The summed E-state index contributed by atoms with van der Waals surface area (Å²) >= 11 is 0. The van der Waals surface area contributed by atoms with Gasteiger partial charge < -0.3 is 16.2 Å². The van der Waals surface area contributed by atoms with Crippen molar-refractivity contribution in [3.63, 3.8) is 0 Å². The van der Waals surface area contributed by atoms with Crippen LogP contribution in [0.5, 0.6) is 0 Å². The molecule has 0 bridgehead atoms. The number of carbonyl (C=O) groups is 1. The van der Waals surface area contributed by atoms with E-state index in [0.717, 1.165) is 25.7 Å². The van der Waals surface area contributed by atoms with E-state index in [9.17, 15) is 9.90 Å². The molecule has 0 spiro atoms. The number of nitrogens with two attached hydrogens (primary N) is 1. The van der Waals surface area contributed by atoms with Gasteiger partial charge in [-0.3, -0.25) is 4.79 Å². The van der Waals surface area contributed by atoms with Crippen molar-refractivity contribution in [3.8, 4) is 0 Å². The minimum Gasteiger partial charge on any atom is -0.388 e. The van der Waals surface area contributed by atoms with Gasteiger partial charge in [-0.15, -0.1) is 0 Å². The maximum atomic E-state index is 11.6. The Labute approximate surface area is 104 Å². The number of hydrogen-bond acceptors (Lipinski definition) is 3. The minimum atomic E-state index is -0.703. The van der Waals surface area contributed by atoms with Gasteiger partial charge in [0.05, 0.1) is 5.60 Å². The van der Waals surface area contributed by atoms with E-state index in [0.29, 0.717) is 13.0 Å². The molecule has 0 aromatic heterocycles. The first-order valence-corrected chi connectivity index (χ1v) is 6.59. The van der Waals surface area contributed by atoms with E-state index in [1.165, 1.54) is 12.8 Å². The Balaban J connectivity index is 2.35. The summed E-state index contributed by atoms with van der Waals surface area (Å²) < 4.78 is 0. The van der Waals surface area contributed by atoms with E-state index in [-0.39, 0.29) is 5.91 Å². The molecule has 0 atom stereocenters. The van der Waals surface area contributed by atoms with Gasteiger partial charge in [0, 0.05) is 18.5 Å². The van der Waals surface area contributed by atoms with Crippen LogP contribution in [-0.2, 0) is 4.79 Å². The van der Waals surface area contributed by atoms with Gasteiger partial charge in [-0.05, 0) is 26.7 Å². The van der Waals surface area contributed by atoms with Gasteiger partial charge in [0.2, 0.25) is 5.91 Å². The second-order valence-electron chi connectivity index (χ2n) is 6.08. The van der Waals surface area contributed by atoms with Crippen LogP contribution in [0, 0.1) is 0 Å². The van der Waals surface area contributed by atoms with Crippen molar-refractivity contribution in [1.29, 1.82) is 0 Å². The molecule has 0 aromatic carbocycles. The van der Waals surface area contributed by atoms with Crippen molar-refractivity contribution in [3.05, 3.63) is 0 Å². The summed E-state index contributed by atoms with van der Waals surface area (Å²) in [4.78, 5) is 11.6. The van der Waals surface area contributed by atoms with Crippen LogP contribution in [0.4, 0.5) is 0 Å². The van der Waals surface area contributed by atoms with Crippen LogP contribution in [0.2, 0.25) is 0 Å². The molecule has 1 saturated carbocycles. The van der Waals surface area contributed by atoms with Crippen LogP contribution < -0.4 is 11.1 Å². The molecule has 0 heterocycles. The van der Waals surface area contributed by atoms with E-state index >= 15 is 0 Å². The second-order valence-corrected chi connectivity index (χ2v) is 6.08. The minimum absolute atomic E-state index is 0.0739. The Bertz CT molecular complexity index is 251. The average molecular weight is 242 g/mol. The lowest BCUT2D eigenvalue weighted by Crippen LogP contribution is -2.45. The summed E-state index contributed by atoms with van der Waals surface area (Å²) in [5, 5.41) is 13.2. The van der Waals surface area contributed by atoms with Crippen LogP contribution in [0.15, 0.2) is 0 Å². The zero-order valence-corrected chi connectivity index (χ0v) is 11.1. The quantitative estimate of drug-likeness (QED) is 0.651. The maximum absolute atomic E-state index is 11.6. The molecule has 0 aliphatic heterocycles. The number of amides is 1. The third kappa shape index (κ3) is 6.03. The largest absolute Gasteiger partial charge is 0.388 e. The van der Waals surface area contributed by atoms with Crippen LogP contribution in [0.1, 0.15) is 58.8 Å². The number of carbonyl (C=O) groups excluding carboxylic acids is 1. The van der Waals surface area contributed by atoms with Gasteiger partial charge in [0.25, 0.3) is 0 Å². The van der Waals surface area contributed by atoms with Crippen molar-refractivity contribution >= 4 is 5.91 Å². The molecule has 1 fully saturated rings. The first-order valence-electron chi connectivity index (χ1n) is 6.59. The SMILES string of the molecule is CC(C)(N)CC(=O)NCC1(O)CCCCCC1. The van der Waals surface area contributed by atoms with Crippen LogP contribution in [0.25, 0.3) is 0 Å². The highest BCUT2D eigenvalue weighted by Gasteiger charge is 2.28. The Morgan fingerprint density at radius 1 is 1.29 bits per heavy atom. The number of hydrogen-bond donors (Lipinski definition) is 3. The molecule has 17 heavy (non-hydrogen) atoms. The van der Waals surface area contributed by atoms with E-state index in [2.05, 4.69) is 5.32 Å². The molecule has 1 amide bonds. The molecule has 1 aliphatic rings. The van der Waals surface area contributed by atoms with E-state index < -0.39 is 11.1 Å². The van der Waals surface area contributed by atoms with Gasteiger partial charge in [0.15, 0.2) is 0 Å². The predicted octanol–water partition coefficient (Wildman–Crippen LogP) is 1.32. The van der Waals surface area contributed by atoms with E-state index in [4.69, 9.17) is 5.73 Å². The molecule has 1 rings (SSSR count). The summed E-state index contributed by atoms with van der Waals surface area (Å²) in [6, 6.07) is 0. The highest BCUT2D eigenvalue weighted by molar-refractivity contribution is 5.77. The first kappa shape index (κ1) is 14.5. The second kappa shape index (κ2) is 5.83. The Morgan fingerprint density at radius 3 is 2.29 bits per heavy atom. The van der Waals surface area contributed by atoms with Gasteiger partial charge in [-0.2, -0.15) is 0 Å². The summed E-state index contributed by atoms with van der Waals surface area (Å²) in [6.45, 7) is 4.02. The van der Waals surface area contributed by atoms with Crippen molar-refractivity contribution < 1.29 is 9.90 Å². The van der Waals surface area contributed by atoms with Crippen molar-refractivity contribution in [2.75, 3.05) is 6.54 Å². The molecule has 4 nitrogen and oxygen atoms in total. The molecule has 0 aromatic rings. The predicted molar refractivity (Wildman–Crippen MR) is 68.5 cm³/mol. The van der Waals surface area contributed by atoms with Crippen molar-refractivity contribution in [1.82, 2.24) is 5.32 Å². The topological polar surface area (TPSA) is 75.4 Å². The van der Waals surface area contributed by atoms with Crippen LogP contribution in [0.3, 0.4) is 0 Å².